The number of aldehydes is 1. The van der Waals surface area contributed by atoms with E-state index in [2.05, 4.69) is 22.6 Å². The second-order valence-corrected chi connectivity index (χ2v) is 7.65. The number of rotatable bonds is 6. The van der Waals surface area contributed by atoms with Crippen LogP contribution < -0.4 is 4.74 Å². The third-order valence-corrected chi connectivity index (χ3v) is 5.07. The Hall–Kier alpha value is 0.0600. The number of carbonyl (C=O) groups excluding carboxylic acids is 1. The van der Waals surface area contributed by atoms with Crippen LogP contribution >= 0.6 is 45.2 Å². The van der Waals surface area contributed by atoms with E-state index in [0.29, 0.717) is 14.9 Å². The van der Waals surface area contributed by atoms with Gasteiger partial charge in [-0.2, -0.15) is 8.42 Å². The molecule has 19 heavy (non-hydrogen) atoms. The topological polar surface area (TPSA) is 80.7 Å². The molecule has 1 aromatic carbocycles. The Bertz CT molecular complexity index is 583. The molecule has 0 fully saturated rings. The van der Waals surface area contributed by atoms with E-state index in [0.717, 1.165) is 15.4 Å². The molecule has 0 amide bonds. The van der Waals surface area contributed by atoms with E-state index in [1.165, 1.54) is 0 Å². The Morgan fingerprint density at radius 1 is 1.42 bits per heavy atom. The van der Waals surface area contributed by atoms with Gasteiger partial charge in [0.05, 0.1) is 15.9 Å². The summed E-state index contributed by atoms with van der Waals surface area (Å²) in [5.74, 6) is 0.242. The van der Waals surface area contributed by atoms with Crippen LogP contribution in [0.15, 0.2) is 6.07 Å². The van der Waals surface area contributed by atoms with Gasteiger partial charge in [0.2, 0.25) is 0 Å². The van der Waals surface area contributed by atoms with Gasteiger partial charge >= 0.3 is 0 Å². The molecule has 0 aliphatic carbocycles. The zero-order valence-electron chi connectivity index (χ0n) is 10.0. The maximum atomic E-state index is 11.0. The number of halogens is 2. The minimum Gasteiger partial charge on any atom is -0.492 e. The van der Waals surface area contributed by atoms with E-state index >= 15 is 0 Å². The van der Waals surface area contributed by atoms with Crippen LogP contribution in [0.5, 0.6) is 5.75 Å². The van der Waals surface area contributed by atoms with Crippen LogP contribution in [0.25, 0.3) is 0 Å². The fourth-order valence-corrected chi connectivity index (χ4v) is 4.30. The van der Waals surface area contributed by atoms with E-state index < -0.39 is 10.1 Å². The highest BCUT2D eigenvalue weighted by atomic mass is 127. The van der Waals surface area contributed by atoms with Crippen LogP contribution in [0.2, 0.25) is 0 Å². The van der Waals surface area contributed by atoms with Crippen molar-refractivity contribution in [1.29, 1.82) is 0 Å². The molecule has 0 unspecified atom stereocenters. The Kier molecular flexibility index (Phi) is 6.47. The fraction of sp³-hybridized carbons (Fsp3) is 0.364. The number of carbonyl (C=O) groups is 1. The molecule has 0 saturated heterocycles. The van der Waals surface area contributed by atoms with Crippen molar-refractivity contribution in [3.8, 4) is 5.75 Å². The standard InChI is InChI=1S/C11H12I2O5S/c1-7-5-9(12)8(6-14)10(13)11(7)18-3-2-4-19(15,16)17/h5-6H,2-4H2,1H3,(H,15,16,17). The quantitative estimate of drug-likeness (QED) is 0.276. The van der Waals surface area contributed by atoms with Gasteiger partial charge in [0.25, 0.3) is 10.1 Å². The van der Waals surface area contributed by atoms with Gasteiger partial charge in [-0.1, -0.05) is 0 Å². The highest BCUT2D eigenvalue weighted by Gasteiger charge is 2.14. The van der Waals surface area contributed by atoms with Gasteiger partial charge < -0.3 is 4.74 Å². The van der Waals surface area contributed by atoms with Crippen molar-refractivity contribution < 1.29 is 22.5 Å². The molecule has 0 radical (unpaired) electrons. The first-order chi connectivity index (χ1) is 8.76. The van der Waals surface area contributed by atoms with Crippen molar-refractivity contribution in [2.75, 3.05) is 12.4 Å². The summed E-state index contributed by atoms with van der Waals surface area (Å²) in [5.41, 5.74) is 1.45. The normalized spacial score (nSPS) is 11.4. The minimum atomic E-state index is -3.96. The zero-order valence-corrected chi connectivity index (χ0v) is 15.2. The maximum Gasteiger partial charge on any atom is 0.264 e. The van der Waals surface area contributed by atoms with Gasteiger partial charge in [0.15, 0.2) is 6.29 Å². The van der Waals surface area contributed by atoms with Gasteiger partial charge in [-0.15, -0.1) is 0 Å². The van der Waals surface area contributed by atoms with Gasteiger partial charge in [-0.05, 0) is 70.2 Å². The first-order valence-corrected chi connectivity index (χ1v) is 9.04. The van der Waals surface area contributed by atoms with Crippen LogP contribution in [-0.4, -0.2) is 31.6 Å². The van der Waals surface area contributed by atoms with E-state index in [-0.39, 0.29) is 18.8 Å². The molecular weight excluding hydrogens is 498 g/mol. The summed E-state index contributed by atoms with van der Waals surface area (Å²) >= 11 is 4.11. The largest absolute Gasteiger partial charge is 0.492 e. The summed E-state index contributed by atoms with van der Waals surface area (Å²) in [6.07, 6.45) is 0.963. The monoisotopic (exact) mass is 510 g/mol. The summed E-state index contributed by atoms with van der Waals surface area (Å²) in [5, 5.41) is 0. The van der Waals surface area contributed by atoms with Crippen molar-refractivity contribution in [3.05, 3.63) is 24.3 Å². The fourth-order valence-electron chi connectivity index (χ4n) is 1.43. The molecule has 0 aliphatic heterocycles. The summed E-state index contributed by atoms with van der Waals surface area (Å²) in [6, 6.07) is 1.84. The van der Waals surface area contributed by atoms with Gasteiger partial charge in [0, 0.05) is 9.13 Å². The van der Waals surface area contributed by atoms with Gasteiger partial charge in [0.1, 0.15) is 5.75 Å². The molecule has 0 aliphatic rings. The highest BCUT2D eigenvalue weighted by Crippen LogP contribution is 2.31. The van der Waals surface area contributed by atoms with Crippen LogP contribution in [0.3, 0.4) is 0 Å². The molecule has 0 aromatic heterocycles. The Labute approximate surface area is 139 Å². The van der Waals surface area contributed by atoms with Crippen molar-refractivity contribution in [2.24, 2.45) is 0 Å². The van der Waals surface area contributed by atoms with Crippen molar-refractivity contribution >= 4 is 61.6 Å². The second-order valence-electron chi connectivity index (χ2n) is 3.84. The lowest BCUT2D eigenvalue weighted by molar-refractivity contribution is 0.112. The van der Waals surface area contributed by atoms with Crippen LogP contribution in [0.4, 0.5) is 0 Å². The molecule has 0 heterocycles. The predicted molar refractivity (Wildman–Crippen MR) is 88.5 cm³/mol. The van der Waals surface area contributed by atoms with E-state index in [1.807, 2.05) is 35.6 Å². The minimum absolute atomic E-state index is 0.162. The molecule has 0 saturated carbocycles. The van der Waals surface area contributed by atoms with E-state index in [4.69, 9.17) is 9.29 Å². The molecule has 1 rings (SSSR count). The lowest BCUT2D eigenvalue weighted by atomic mass is 10.1. The average molecular weight is 510 g/mol. The van der Waals surface area contributed by atoms with Crippen molar-refractivity contribution in [1.82, 2.24) is 0 Å². The highest BCUT2D eigenvalue weighted by molar-refractivity contribution is 14.1. The number of aryl methyl sites for hydroxylation is 1. The smallest absolute Gasteiger partial charge is 0.264 e. The Balaban J connectivity index is 2.82. The Morgan fingerprint density at radius 2 is 2.05 bits per heavy atom. The molecule has 106 valence electrons. The third-order valence-electron chi connectivity index (χ3n) is 2.31. The summed E-state index contributed by atoms with van der Waals surface area (Å²) in [4.78, 5) is 11.0. The summed E-state index contributed by atoms with van der Waals surface area (Å²) in [7, 11) is -3.96. The third kappa shape index (κ3) is 5.16. The predicted octanol–water partition coefficient (Wildman–Crippen LogP) is 2.67. The molecule has 8 heteroatoms. The summed E-state index contributed by atoms with van der Waals surface area (Å²) < 4.78 is 36.8. The zero-order chi connectivity index (χ0) is 14.6. The van der Waals surface area contributed by atoms with Crippen LogP contribution in [-0.2, 0) is 10.1 Å². The van der Waals surface area contributed by atoms with E-state index in [9.17, 15) is 13.2 Å². The van der Waals surface area contributed by atoms with Gasteiger partial charge in [-0.3, -0.25) is 9.35 Å². The Morgan fingerprint density at radius 3 is 2.58 bits per heavy atom. The first-order valence-electron chi connectivity index (χ1n) is 5.28. The summed E-state index contributed by atoms with van der Waals surface area (Å²) in [6.45, 7) is 2.02. The molecule has 0 bridgehead atoms. The number of ether oxygens (including phenoxy) is 1. The molecule has 5 nitrogen and oxygen atoms in total. The van der Waals surface area contributed by atoms with E-state index in [1.54, 1.807) is 0 Å². The molecule has 0 atom stereocenters. The van der Waals surface area contributed by atoms with Crippen LogP contribution in [0, 0.1) is 14.1 Å². The number of benzene rings is 1. The average Bonchev–Trinajstić information content (AvgIpc) is 2.26. The second kappa shape index (κ2) is 7.18. The SMILES string of the molecule is Cc1cc(I)c(C=O)c(I)c1OCCCS(=O)(=O)O. The number of hydrogen-bond acceptors (Lipinski definition) is 4. The van der Waals surface area contributed by atoms with Crippen LogP contribution in [0.1, 0.15) is 22.3 Å². The molecular formula is C11H12I2O5S. The van der Waals surface area contributed by atoms with Crippen molar-refractivity contribution in [2.45, 2.75) is 13.3 Å². The van der Waals surface area contributed by atoms with Crippen molar-refractivity contribution in [3.63, 3.8) is 0 Å². The van der Waals surface area contributed by atoms with Gasteiger partial charge in [-0.25, -0.2) is 0 Å². The molecule has 1 aromatic rings. The maximum absolute atomic E-state index is 11.0. The molecule has 0 spiro atoms. The molecule has 1 N–H and O–H groups in total. The first kappa shape index (κ1) is 17.1. The lowest BCUT2D eigenvalue weighted by Gasteiger charge is -2.13. The lowest BCUT2D eigenvalue weighted by Crippen LogP contribution is -2.10. The number of hydrogen-bond donors (Lipinski definition) is 1.